The van der Waals surface area contributed by atoms with E-state index in [-0.39, 0.29) is 0 Å². The Morgan fingerprint density at radius 2 is 2.10 bits per heavy atom. The molecule has 1 aromatic heterocycles. The first kappa shape index (κ1) is 15.0. The van der Waals surface area contributed by atoms with Gasteiger partial charge in [-0.3, -0.25) is 4.98 Å². The summed E-state index contributed by atoms with van der Waals surface area (Å²) in [6, 6.07) is 12.4. The van der Waals surface area contributed by atoms with Crippen LogP contribution in [-0.4, -0.2) is 18.1 Å². The number of pyridine rings is 1. The molecule has 0 spiro atoms. The number of hydrogen-bond acceptors (Lipinski definition) is 3. The van der Waals surface area contributed by atoms with Gasteiger partial charge >= 0.3 is 0 Å². The molecule has 1 aromatic carbocycles. The van der Waals surface area contributed by atoms with Crippen LogP contribution in [0.5, 0.6) is 0 Å². The first-order chi connectivity index (χ1) is 9.74. The van der Waals surface area contributed by atoms with Gasteiger partial charge in [0.1, 0.15) is 0 Å². The van der Waals surface area contributed by atoms with Crippen molar-refractivity contribution < 1.29 is 0 Å². The molecule has 0 atom stereocenters. The van der Waals surface area contributed by atoms with E-state index in [4.69, 9.17) is 5.73 Å². The van der Waals surface area contributed by atoms with Crippen LogP contribution >= 0.6 is 15.9 Å². The largest absolute Gasteiger partial charge is 0.366 e. The lowest BCUT2D eigenvalue weighted by Gasteiger charge is -2.25. The maximum absolute atomic E-state index is 5.73. The molecule has 3 nitrogen and oxygen atoms in total. The zero-order chi connectivity index (χ0) is 14.4. The van der Waals surface area contributed by atoms with Gasteiger partial charge in [-0.1, -0.05) is 22.0 Å². The number of rotatable bonds is 6. The van der Waals surface area contributed by atoms with Crippen LogP contribution in [0, 0.1) is 0 Å². The monoisotopic (exact) mass is 333 g/mol. The van der Waals surface area contributed by atoms with Crippen LogP contribution in [0.4, 0.5) is 5.69 Å². The molecule has 0 amide bonds. The van der Waals surface area contributed by atoms with Gasteiger partial charge in [-0.2, -0.15) is 0 Å². The third-order valence-electron chi connectivity index (χ3n) is 3.26. The first-order valence-corrected chi connectivity index (χ1v) is 7.67. The summed E-state index contributed by atoms with van der Waals surface area (Å²) in [6.45, 7) is 4.58. The summed E-state index contributed by atoms with van der Waals surface area (Å²) >= 11 is 3.53. The number of benzene rings is 1. The van der Waals surface area contributed by atoms with Gasteiger partial charge in [-0.25, -0.2) is 0 Å². The second-order valence-electron chi connectivity index (χ2n) is 4.65. The SMILES string of the molecule is CCN(Cc1ccccn1)c1ccc(Br)cc1CCN. The summed E-state index contributed by atoms with van der Waals surface area (Å²) in [5, 5.41) is 0. The Morgan fingerprint density at radius 1 is 1.25 bits per heavy atom. The predicted molar refractivity (Wildman–Crippen MR) is 87.9 cm³/mol. The third kappa shape index (κ3) is 3.81. The molecule has 0 radical (unpaired) electrons. The van der Waals surface area contributed by atoms with Crippen molar-refractivity contribution >= 4 is 21.6 Å². The minimum absolute atomic E-state index is 0.657. The molecule has 0 aliphatic carbocycles. The molecular weight excluding hydrogens is 314 g/mol. The normalized spacial score (nSPS) is 10.6. The first-order valence-electron chi connectivity index (χ1n) is 6.88. The van der Waals surface area contributed by atoms with Crippen LogP contribution in [0.15, 0.2) is 47.1 Å². The van der Waals surface area contributed by atoms with E-state index in [2.05, 4.69) is 57.0 Å². The molecule has 0 unspecified atom stereocenters. The van der Waals surface area contributed by atoms with E-state index in [9.17, 15) is 0 Å². The highest BCUT2D eigenvalue weighted by Crippen LogP contribution is 2.26. The highest BCUT2D eigenvalue weighted by molar-refractivity contribution is 9.10. The smallest absolute Gasteiger partial charge is 0.0601 e. The zero-order valence-electron chi connectivity index (χ0n) is 11.7. The van der Waals surface area contributed by atoms with Crippen LogP contribution in [-0.2, 0) is 13.0 Å². The molecule has 0 aliphatic heterocycles. The molecule has 0 fully saturated rings. The maximum atomic E-state index is 5.73. The van der Waals surface area contributed by atoms with Gasteiger partial charge < -0.3 is 10.6 Å². The van der Waals surface area contributed by atoms with Gasteiger partial charge in [-0.15, -0.1) is 0 Å². The molecule has 20 heavy (non-hydrogen) atoms. The average Bonchev–Trinajstić information content (AvgIpc) is 2.47. The number of nitrogens with two attached hydrogens (primary N) is 1. The van der Waals surface area contributed by atoms with Crippen LogP contribution < -0.4 is 10.6 Å². The summed E-state index contributed by atoms with van der Waals surface area (Å²) in [6.07, 6.45) is 2.72. The Morgan fingerprint density at radius 3 is 2.75 bits per heavy atom. The molecule has 0 bridgehead atoms. The summed E-state index contributed by atoms with van der Waals surface area (Å²) in [5.41, 5.74) is 9.33. The molecule has 2 rings (SSSR count). The minimum Gasteiger partial charge on any atom is -0.366 e. The van der Waals surface area contributed by atoms with Crippen LogP contribution in [0.3, 0.4) is 0 Å². The number of halogens is 1. The standard InChI is InChI=1S/C16H20BrN3/c1-2-20(12-15-5-3-4-10-19-15)16-7-6-14(17)11-13(16)8-9-18/h3-7,10-11H,2,8-9,12,18H2,1H3. The molecule has 4 heteroatoms. The summed E-state index contributed by atoms with van der Waals surface area (Å²) in [4.78, 5) is 6.74. The van der Waals surface area contributed by atoms with Crippen molar-refractivity contribution in [2.75, 3.05) is 18.0 Å². The average molecular weight is 334 g/mol. The Balaban J connectivity index is 2.27. The lowest BCUT2D eigenvalue weighted by molar-refractivity contribution is 0.799. The van der Waals surface area contributed by atoms with Gasteiger partial charge in [0.05, 0.1) is 12.2 Å². The number of anilines is 1. The van der Waals surface area contributed by atoms with Crippen molar-refractivity contribution in [2.45, 2.75) is 19.9 Å². The van der Waals surface area contributed by atoms with E-state index < -0.39 is 0 Å². The second kappa shape index (κ2) is 7.41. The fourth-order valence-electron chi connectivity index (χ4n) is 2.27. The Bertz CT molecular complexity index is 543. The lowest BCUT2D eigenvalue weighted by Crippen LogP contribution is -2.24. The Hall–Kier alpha value is -1.39. The van der Waals surface area contributed by atoms with E-state index >= 15 is 0 Å². The van der Waals surface area contributed by atoms with Crippen molar-refractivity contribution in [3.63, 3.8) is 0 Å². The van der Waals surface area contributed by atoms with Crippen molar-refractivity contribution in [3.05, 3.63) is 58.3 Å². The molecular formula is C16H20BrN3. The topological polar surface area (TPSA) is 42.2 Å². The van der Waals surface area contributed by atoms with Crippen molar-refractivity contribution in [1.82, 2.24) is 4.98 Å². The summed E-state index contributed by atoms with van der Waals surface area (Å²) in [7, 11) is 0. The molecule has 0 saturated carbocycles. The van der Waals surface area contributed by atoms with Gasteiger partial charge in [0.2, 0.25) is 0 Å². The van der Waals surface area contributed by atoms with Gasteiger partial charge in [-0.05, 0) is 55.8 Å². The quantitative estimate of drug-likeness (QED) is 0.881. The van der Waals surface area contributed by atoms with Crippen molar-refractivity contribution in [1.29, 1.82) is 0 Å². The van der Waals surface area contributed by atoms with Gasteiger partial charge in [0.25, 0.3) is 0 Å². The summed E-state index contributed by atoms with van der Waals surface area (Å²) in [5.74, 6) is 0. The van der Waals surface area contributed by atoms with E-state index in [1.807, 2.05) is 18.3 Å². The van der Waals surface area contributed by atoms with Crippen LogP contribution in [0.2, 0.25) is 0 Å². The lowest BCUT2D eigenvalue weighted by atomic mass is 10.1. The molecule has 2 N–H and O–H groups in total. The maximum Gasteiger partial charge on any atom is 0.0601 e. The zero-order valence-corrected chi connectivity index (χ0v) is 13.3. The van der Waals surface area contributed by atoms with Gasteiger partial charge in [0.15, 0.2) is 0 Å². The van der Waals surface area contributed by atoms with Crippen LogP contribution in [0.25, 0.3) is 0 Å². The molecule has 1 heterocycles. The number of nitrogens with zero attached hydrogens (tertiary/aromatic N) is 2. The highest BCUT2D eigenvalue weighted by atomic mass is 79.9. The van der Waals surface area contributed by atoms with E-state index in [0.29, 0.717) is 6.54 Å². The summed E-state index contributed by atoms with van der Waals surface area (Å²) < 4.78 is 1.10. The highest BCUT2D eigenvalue weighted by Gasteiger charge is 2.11. The molecule has 106 valence electrons. The third-order valence-corrected chi connectivity index (χ3v) is 3.75. The van der Waals surface area contributed by atoms with Crippen LogP contribution in [0.1, 0.15) is 18.2 Å². The minimum atomic E-state index is 0.657. The number of hydrogen-bond donors (Lipinski definition) is 1. The van der Waals surface area contributed by atoms with Crippen molar-refractivity contribution in [3.8, 4) is 0 Å². The molecule has 0 aliphatic rings. The Kier molecular flexibility index (Phi) is 5.56. The second-order valence-corrected chi connectivity index (χ2v) is 5.56. The van der Waals surface area contributed by atoms with Gasteiger partial charge in [0, 0.05) is 22.9 Å². The molecule has 2 aromatic rings. The van der Waals surface area contributed by atoms with E-state index in [0.717, 1.165) is 29.7 Å². The fourth-order valence-corrected chi connectivity index (χ4v) is 2.68. The predicted octanol–water partition coefficient (Wildman–Crippen LogP) is 3.37. The van der Waals surface area contributed by atoms with E-state index in [1.165, 1.54) is 11.3 Å². The van der Waals surface area contributed by atoms with Crippen molar-refractivity contribution in [2.24, 2.45) is 5.73 Å². The fraction of sp³-hybridized carbons (Fsp3) is 0.312. The van der Waals surface area contributed by atoms with E-state index in [1.54, 1.807) is 0 Å². The number of aromatic nitrogens is 1. The molecule has 0 saturated heterocycles. The Labute approximate surface area is 129 Å².